The fraction of sp³-hybridized carbons (Fsp3) is 0.500. The number of rotatable bonds is 10. The normalized spacial score (nSPS) is 23.3. The van der Waals surface area contributed by atoms with E-state index < -0.39 is 12.0 Å². The van der Waals surface area contributed by atoms with Crippen molar-refractivity contribution in [1.82, 2.24) is 0 Å². The number of halogens is 4. The van der Waals surface area contributed by atoms with E-state index in [1.54, 1.807) is 18.2 Å². The number of unbranched alkanes of at least 4 members (excludes halogenated alkanes) is 2. The monoisotopic (exact) mass is 582 g/mol. The lowest BCUT2D eigenvalue weighted by molar-refractivity contribution is -0.222. The molecule has 0 saturated heterocycles. The molecule has 0 aromatic heterocycles. The fourth-order valence-electron chi connectivity index (χ4n) is 6.93. The van der Waals surface area contributed by atoms with Crippen molar-refractivity contribution in [3.63, 3.8) is 0 Å². The van der Waals surface area contributed by atoms with Crippen LogP contribution in [0.15, 0.2) is 66.7 Å². The Morgan fingerprint density at radius 2 is 1.37 bits per heavy atom. The molecule has 3 aromatic rings. The van der Waals surface area contributed by atoms with Gasteiger partial charge in [0.2, 0.25) is 0 Å². The zero-order valence-corrected chi connectivity index (χ0v) is 24.8. The van der Waals surface area contributed by atoms with Gasteiger partial charge in [0.1, 0.15) is 11.6 Å². The Morgan fingerprint density at radius 3 is 2.00 bits per heavy atom. The van der Waals surface area contributed by atoms with Gasteiger partial charge in [0.15, 0.2) is 0 Å². The van der Waals surface area contributed by atoms with Gasteiger partial charge in [-0.1, -0.05) is 80.6 Å². The van der Waals surface area contributed by atoms with Crippen LogP contribution in [0.1, 0.15) is 107 Å². The van der Waals surface area contributed by atoms with Gasteiger partial charge < -0.3 is 4.74 Å². The highest BCUT2D eigenvalue weighted by molar-refractivity contribution is 6.30. The van der Waals surface area contributed by atoms with Crippen LogP contribution in [-0.2, 0) is 0 Å². The summed E-state index contributed by atoms with van der Waals surface area (Å²) in [6.07, 6.45) is 9.03. The lowest BCUT2D eigenvalue weighted by Gasteiger charge is -2.33. The van der Waals surface area contributed by atoms with E-state index in [0.717, 1.165) is 35.4 Å². The van der Waals surface area contributed by atoms with Gasteiger partial charge in [-0.25, -0.2) is 4.39 Å². The van der Waals surface area contributed by atoms with Crippen LogP contribution in [0.4, 0.5) is 13.2 Å². The van der Waals surface area contributed by atoms with Crippen molar-refractivity contribution >= 4 is 11.6 Å². The maximum Gasteiger partial charge on any atom is 0.400 e. The minimum atomic E-state index is -3.22. The maximum absolute atomic E-state index is 15.3. The average molecular weight is 583 g/mol. The van der Waals surface area contributed by atoms with Gasteiger partial charge in [0.05, 0.1) is 5.92 Å². The second-order valence-electron chi connectivity index (χ2n) is 12.2. The molecule has 0 bridgehead atoms. The molecule has 5 heteroatoms. The van der Waals surface area contributed by atoms with E-state index in [2.05, 4.69) is 13.0 Å². The summed E-state index contributed by atoms with van der Waals surface area (Å²) in [5.41, 5.74) is 3.73. The quantitative estimate of drug-likeness (QED) is 0.216. The molecule has 2 aliphatic rings. The van der Waals surface area contributed by atoms with E-state index in [9.17, 15) is 8.78 Å². The first-order chi connectivity index (χ1) is 19.8. The third kappa shape index (κ3) is 7.69. The van der Waals surface area contributed by atoms with Crippen molar-refractivity contribution in [1.29, 1.82) is 0 Å². The van der Waals surface area contributed by atoms with Crippen molar-refractivity contribution in [2.45, 2.75) is 102 Å². The van der Waals surface area contributed by atoms with E-state index in [-0.39, 0.29) is 17.5 Å². The first-order valence-corrected chi connectivity index (χ1v) is 15.9. The summed E-state index contributed by atoms with van der Waals surface area (Å²) in [4.78, 5) is 0. The van der Waals surface area contributed by atoms with Gasteiger partial charge in [0.25, 0.3) is 0 Å². The Labute approximate surface area is 248 Å². The number of benzene rings is 3. The van der Waals surface area contributed by atoms with Crippen molar-refractivity contribution in [2.24, 2.45) is 11.8 Å². The highest BCUT2D eigenvalue weighted by Crippen LogP contribution is 2.44. The van der Waals surface area contributed by atoms with Gasteiger partial charge in [-0.3, -0.25) is 0 Å². The Bertz CT molecular complexity index is 1240. The second-order valence-corrected chi connectivity index (χ2v) is 12.7. The summed E-state index contributed by atoms with van der Waals surface area (Å²) in [6, 6.07) is 19.9. The summed E-state index contributed by atoms with van der Waals surface area (Å²) in [6.45, 7) is 2.25. The molecule has 1 nitrogen and oxygen atoms in total. The number of hydrogen-bond acceptors (Lipinski definition) is 1. The Hall–Kier alpha value is -2.46. The molecule has 2 saturated carbocycles. The SMILES string of the molecule is CCCCCC1CCC(c2ccc(-c3ccc(C4CCC(C(F)(F)Oc5ccc(Cl)cc5)CC4)cc3)c(F)c2)CC1. The predicted octanol–water partition coefficient (Wildman–Crippen LogP) is 11.9. The highest BCUT2D eigenvalue weighted by Gasteiger charge is 2.44. The van der Waals surface area contributed by atoms with E-state index in [1.807, 2.05) is 30.3 Å². The summed E-state index contributed by atoms with van der Waals surface area (Å²) in [5.74, 6) is 0.664. The third-order valence-corrected chi connectivity index (χ3v) is 9.74. The average Bonchev–Trinajstić information content (AvgIpc) is 2.99. The molecule has 2 aliphatic carbocycles. The minimum absolute atomic E-state index is 0.127. The van der Waals surface area contributed by atoms with Crippen molar-refractivity contribution in [2.75, 3.05) is 0 Å². The van der Waals surface area contributed by atoms with Crippen molar-refractivity contribution in [3.8, 4) is 16.9 Å². The van der Waals surface area contributed by atoms with Crippen molar-refractivity contribution in [3.05, 3.63) is 88.7 Å². The molecule has 0 amide bonds. The lowest BCUT2D eigenvalue weighted by Crippen LogP contribution is -2.36. The molecule has 41 heavy (non-hydrogen) atoms. The molecular formula is C36H42ClF3O. The Morgan fingerprint density at radius 1 is 0.756 bits per heavy atom. The summed E-state index contributed by atoms with van der Waals surface area (Å²) < 4.78 is 50.0. The smallest absolute Gasteiger partial charge is 0.400 e. The topological polar surface area (TPSA) is 9.23 Å². The molecule has 0 heterocycles. The molecule has 2 fully saturated rings. The van der Waals surface area contributed by atoms with Crippen LogP contribution in [-0.4, -0.2) is 6.11 Å². The number of alkyl halides is 2. The van der Waals surface area contributed by atoms with Gasteiger partial charge in [-0.05, 0) is 116 Å². The number of ether oxygens (including phenoxy) is 1. The Balaban J connectivity index is 1.14. The van der Waals surface area contributed by atoms with E-state index in [4.69, 9.17) is 16.3 Å². The van der Waals surface area contributed by atoms with Crippen LogP contribution in [0.2, 0.25) is 5.02 Å². The zero-order chi connectivity index (χ0) is 28.8. The first-order valence-electron chi connectivity index (χ1n) is 15.5. The van der Waals surface area contributed by atoms with Crippen molar-refractivity contribution < 1.29 is 17.9 Å². The molecule has 220 valence electrons. The summed E-state index contributed by atoms with van der Waals surface area (Å²) in [5, 5.41) is 0.484. The highest BCUT2D eigenvalue weighted by atomic mass is 35.5. The Kier molecular flexibility index (Phi) is 10.0. The van der Waals surface area contributed by atoms with E-state index in [0.29, 0.717) is 42.2 Å². The first kappa shape index (κ1) is 30.0. The minimum Gasteiger partial charge on any atom is -0.432 e. The lowest BCUT2D eigenvalue weighted by atomic mass is 9.76. The summed E-state index contributed by atoms with van der Waals surface area (Å²) >= 11 is 5.85. The molecule has 0 aliphatic heterocycles. The van der Waals surface area contributed by atoms with Crippen LogP contribution < -0.4 is 4.74 Å². The molecule has 3 aromatic carbocycles. The molecule has 0 N–H and O–H groups in total. The zero-order valence-electron chi connectivity index (χ0n) is 24.1. The molecule has 5 rings (SSSR count). The largest absolute Gasteiger partial charge is 0.432 e. The molecular weight excluding hydrogens is 541 g/mol. The third-order valence-electron chi connectivity index (χ3n) is 9.49. The van der Waals surface area contributed by atoms with Crippen LogP contribution in [0.5, 0.6) is 5.75 Å². The van der Waals surface area contributed by atoms with Crippen LogP contribution in [0.25, 0.3) is 11.1 Å². The molecule has 0 radical (unpaired) electrons. The van der Waals surface area contributed by atoms with Crippen LogP contribution in [0.3, 0.4) is 0 Å². The van der Waals surface area contributed by atoms with Gasteiger partial charge in [-0.15, -0.1) is 0 Å². The van der Waals surface area contributed by atoms with Crippen LogP contribution >= 0.6 is 11.6 Å². The fourth-order valence-corrected chi connectivity index (χ4v) is 7.05. The number of hydrogen-bond donors (Lipinski definition) is 0. The van der Waals surface area contributed by atoms with Gasteiger partial charge in [-0.2, -0.15) is 8.78 Å². The molecule has 0 spiro atoms. The second kappa shape index (κ2) is 13.7. The standard InChI is InChI=1S/C36H42ClF3O/c1-2-3-4-5-25-6-8-28(9-7-25)30-16-23-34(35(38)24-30)29-12-10-26(11-13-29)27-14-17-31(18-15-27)36(39,40)41-33-21-19-32(37)20-22-33/h10-13,16,19-25,27-28,31H,2-9,14-15,17-18H2,1H3. The van der Waals surface area contributed by atoms with Crippen LogP contribution in [0, 0.1) is 17.7 Å². The predicted molar refractivity (Wildman–Crippen MR) is 162 cm³/mol. The van der Waals surface area contributed by atoms with Gasteiger partial charge >= 0.3 is 6.11 Å². The maximum atomic E-state index is 15.3. The molecule has 0 atom stereocenters. The van der Waals surface area contributed by atoms with Gasteiger partial charge in [0, 0.05) is 10.6 Å². The van der Waals surface area contributed by atoms with E-state index in [1.165, 1.54) is 50.7 Å². The summed E-state index contributed by atoms with van der Waals surface area (Å²) in [7, 11) is 0. The van der Waals surface area contributed by atoms with E-state index >= 15 is 4.39 Å². The molecule has 0 unspecified atom stereocenters.